The third-order valence-electron chi connectivity index (χ3n) is 7.11. The van der Waals surface area contributed by atoms with Gasteiger partial charge in [-0.05, 0) is 75.0 Å². The van der Waals surface area contributed by atoms with E-state index < -0.39 is 6.10 Å². The Kier molecular flexibility index (Phi) is 6.93. The van der Waals surface area contributed by atoms with E-state index in [9.17, 15) is 5.11 Å². The van der Waals surface area contributed by atoms with Crippen LogP contribution in [0.5, 0.6) is 0 Å². The van der Waals surface area contributed by atoms with E-state index in [0.29, 0.717) is 6.42 Å². The molecule has 178 valence electrons. The first-order valence-corrected chi connectivity index (χ1v) is 12.8. The summed E-state index contributed by atoms with van der Waals surface area (Å²) < 4.78 is 0. The molecule has 1 saturated heterocycles. The van der Waals surface area contributed by atoms with E-state index in [2.05, 4.69) is 47.5 Å². The summed E-state index contributed by atoms with van der Waals surface area (Å²) in [5.74, 6) is 1.80. The number of rotatable bonds is 8. The first-order valence-electron chi connectivity index (χ1n) is 12.8. The molecular formula is C29H36N4O. The summed E-state index contributed by atoms with van der Waals surface area (Å²) in [5.41, 5.74) is 8.24. The molecule has 2 heterocycles. The van der Waals surface area contributed by atoms with Crippen LogP contribution in [0.15, 0.2) is 42.5 Å². The number of piperidine rings is 1. The van der Waals surface area contributed by atoms with Gasteiger partial charge in [-0.15, -0.1) is 0 Å². The molecule has 2 aromatic carbocycles. The van der Waals surface area contributed by atoms with Crippen molar-refractivity contribution in [2.75, 3.05) is 31.5 Å². The molecule has 34 heavy (non-hydrogen) atoms. The lowest BCUT2D eigenvalue weighted by molar-refractivity contribution is 0.199. The topological polar surface area (TPSA) is 61.3 Å². The van der Waals surface area contributed by atoms with Gasteiger partial charge in [-0.25, -0.2) is 9.97 Å². The van der Waals surface area contributed by atoms with Crippen LogP contribution in [0.25, 0.3) is 11.1 Å². The number of aliphatic hydroxyl groups is 1. The Bertz CT molecular complexity index is 1150. The maximum Gasteiger partial charge on any atom is 0.137 e. The van der Waals surface area contributed by atoms with Gasteiger partial charge in [0.15, 0.2) is 0 Å². The van der Waals surface area contributed by atoms with Gasteiger partial charge in [0.05, 0.1) is 11.8 Å². The normalized spacial score (nSPS) is 16.2. The minimum atomic E-state index is -0.476. The zero-order chi connectivity index (χ0) is 23.5. The number of hydrogen-bond donors (Lipinski definition) is 2. The molecule has 5 rings (SSSR count). The smallest absolute Gasteiger partial charge is 0.137 e. The highest BCUT2D eigenvalue weighted by Gasteiger charge is 2.25. The summed E-state index contributed by atoms with van der Waals surface area (Å²) in [6.07, 6.45) is 6.21. The van der Waals surface area contributed by atoms with Crippen LogP contribution in [-0.2, 0) is 12.8 Å². The molecule has 5 nitrogen and oxygen atoms in total. The number of hydrogen-bond acceptors (Lipinski definition) is 5. The van der Waals surface area contributed by atoms with E-state index >= 15 is 0 Å². The molecule has 1 fully saturated rings. The van der Waals surface area contributed by atoms with E-state index in [-0.39, 0.29) is 0 Å². The zero-order valence-electron chi connectivity index (χ0n) is 20.5. The van der Waals surface area contributed by atoms with E-state index in [1.807, 2.05) is 12.1 Å². The van der Waals surface area contributed by atoms with E-state index in [4.69, 9.17) is 9.97 Å². The molecule has 1 aliphatic heterocycles. The maximum absolute atomic E-state index is 9.98. The Morgan fingerprint density at radius 1 is 1.06 bits per heavy atom. The molecule has 2 aliphatic rings. The van der Waals surface area contributed by atoms with E-state index in [1.54, 1.807) is 6.92 Å². The third-order valence-corrected chi connectivity index (χ3v) is 7.11. The number of nitrogens with one attached hydrogen (secondary N) is 1. The van der Waals surface area contributed by atoms with Crippen molar-refractivity contribution in [1.29, 1.82) is 0 Å². The van der Waals surface area contributed by atoms with Crippen LogP contribution >= 0.6 is 0 Å². The Balaban J connectivity index is 1.38. The molecule has 1 atom stereocenters. The van der Waals surface area contributed by atoms with Crippen molar-refractivity contribution < 1.29 is 5.11 Å². The quantitative estimate of drug-likeness (QED) is 0.353. The highest BCUT2D eigenvalue weighted by molar-refractivity contribution is 5.84. The minimum absolute atomic E-state index is 0.476. The van der Waals surface area contributed by atoms with Crippen molar-refractivity contribution in [3.63, 3.8) is 0 Å². The highest BCUT2D eigenvalue weighted by Crippen LogP contribution is 2.40. The van der Waals surface area contributed by atoms with Crippen molar-refractivity contribution >= 4 is 5.82 Å². The largest absolute Gasteiger partial charge is 0.389 e. The molecule has 1 unspecified atom stereocenters. The number of nitrogens with zero attached hydrogens (tertiary/aromatic N) is 3. The Morgan fingerprint density at radius 3 is 2.74 bits per heavy atom. The fourth-order valence-electron chi connectivity index (χ4n) is 5.31. The molecule has 0 bridgehead atoms. The third kappa shape index (κ3) is 5.16. The maximum atomic E-state index is 9.98. The number of anilines is 1. The molecular weight excluding hydrogens is 420 g/mol. The molecule has 3 aromatic rings. The van der Waals surface area contributed by atoms with Gasteiger partial charge < -0.3 is 15.3 Å². The van der Waals surface area contributed by atoms with E-state index in [0.717, 1.165) is 54.4 Å². The first-order chi connectivity index (χ1) is 16.6. The number of aliphatic hydroxyl groups excluding tert-OH is 1. The molecule has 1 aromatic heterocycles. The number of benzene rings is 2. The molecule has 0 saturated carbocycles. The summed E-state index contributed by atoms with van der Waals surface area (Å²) in [4.78, 5) is 12.6. The number of fused-ring (bicyclic) bond motifs is 3. The van der Waals surface area contributed by atoms with Crippen molar-refractivity contribution in [3.05, 3.63) is 76.2 Å². The summed E-state index contributed by atoms with van der Waals surface area (Å²) in [7, 11) is 0. The summed E-state index contributed by atoms with van der Waals surface area (Å²) in [6, 6.07) is 14.8. The number of likely N-dealkylation sites (tertiary alicyclic amines) is 1. The first kappa shape index (κ1) is 23.0. The second kappa shape index (κ2) is 10.2. The van der Waals surface area contributed by atoms with Crippen molar-refractivity contribution in [2.24, 2.45) is 0 Å². The lowest BCUT2D eigenvalue weighted by Gasteiger charge is -2.26. The number of aryl methyl sites for hydroxylation is 1. The Labute approximate surface area is 203 Å². The molecule has 0 spiro atoms. The lowest BCUT2D eigenvalue weighted by Crippen LogP contribution is -2.31. The number of aromatic nitrogens is 2. The average molecular weight is 457 g/mol. The zero-order valence-corrected chi connectivity index (χ0v) is 20.5. The van der Waals surface area contributed by atoms with Gasteiger partial charge in [-0.1, -0.05) is 54.4 Å². The van der Waals surface area contributed by atoms with Crippen LogP contribution in [0.4, 0.5) is 5.82 Å². The van der Waals surface area contributed by atoms with Crippen LogP contribution < -0.4 is 5.32 Å². The van der Waals surface area contributed by atoms with Crippen molar-refractivity contribution in [3.8, 4) is 11.1 Å². The van der Waals surface area contributed by atoms with Crippen molar-refractivity contribution in [1.82, 2.24) is 14.9 Å². The van der Waals surface area contributed by atoms with Gasteiger partial charge in [0.25, 0.3) is 0 Å². The van der Waals surface area contributed by atoms with E-state index in [1.165, 1.54) is 54.6 Å². The van der Waals surface area contributed by atoms with Crippen LogP contribution in [0.3, 0.4) is 0 Å². The Morgan fingerprint density at radius 2 is 1.91 bits per heavy atom. The van der Waals surface area contributed by atoms with Crippen LogP contribution in [0, 0.1) is 6.92 Å². The molecule has 2 N–H and O–H groups in total. The molecule has 1 aliphatic carbocycles. The predicted octanol–water partition coefficient (Wildman–Crippen LogP) is 5.29. The molecule has 5 heteroatoms. The second-order valence-electron chi connectivity index (χ2n) is 9.93. The second-order valence-corrected chi connectivity index (χ2v) is 9.93. The fourth-order valence-corrected chi connectivity index (χ4v) is 5.31. The van der Waals surface area contributed by atoms with Gasteiger partial charge in [-0.3, -0.25) is 0 Å². The monoisotopic (exact) mass is 456 g/mol. The molecule has 0 radical (unpaired) electrons. The summed E-state index contributed by atoms with van der Waals surface area (Å²) >= 11 is 0. The average Bonchev–Trinajstić information content (AvgIpc) is 3.20. The van der Waals surface area contributed by atoms with Gasteiger partial charge in [0.1, 0.15) is 11.6 Å². The van der Waals surface area contributed by atoms with Gasteiger partial charge in [-0.2, -0.15) is 0 Å². The predicted molar refractivity (Wildman–Crippen MR) is 138 cm³/mol. The van der Waals surface area contributed by atoms with Gasteiger partial charge in [0.2, 0.25) is 0 Å². The Hall–Kier alpha value is -2.76. The minimum Gasteiger partial charge on any atom is -0.389 e. The fraction of sp³-hybridized carbons (Fsp3) is 0.448. The van der Waals surface area contributed by atoms with Crippen molar-refractivity contribution in [2.45, 2.75) is 58.5 Å². The van der Waals surface area contributed by atoms with Crippen LogP contribution in [0.2, 0.25) is 0 Å². The summed E-state index contributed by atoms with van der Waals surface area (Å²) in [5, 5.41) is 13.7. The van der Waals surface area contributed by atoms with Crippen LogP contribution in [-0.4, -0.2) is 46.2 Å². The standard InChI is InChI=1S/C29H36N4O/c1-20-10-11-25-24(16-20)19-26-28(25)29(30-12-7-15-33-13-4-3-5-14-33)32-27(31-26)18-22-8-6-9-23(17-22)21(2)34/h6,8-11,16-17,21,34H,3-5,7,12-15,18-19H2,1-2H3,(H,30,31,32). The van der Waals surface area contributed by atoms with Crippen LogP contribution in [0.1, 0.15) is 72.5 Å². The van der Waals surface area contributed by atoms with Gasteiger partial charge >= 0.3 is 0 Å². The highest BCUT2D eigenvalue weighted by atomic mass is 16.3. The van der Waals surface area contributed by atoms with Gasteiger partial charge in [0, 0.05) is 24.9 Å². The lowest BCUT2D eigenvalue weighted by atomic mass is 10.0. The summed E-state index contributed by atoms with van der Waals surface area (Å²) in [6.45, 7) is 8.50. The SMILES string of the molecule is Cc1ccc2c(c1)Cc1nc(Cc3cccc(C(C)O)c3)nc(NCCCN3CCCCC3)c1-2. The molecule has 0 amide bonds.